The fourth-order valence-corrected chi connectivity index (χ4v) is 2.18. The average Bonchev–Trinajstić information content (AvgIpc) is 2.80. The highest BCUT2D eigenvalue weighted by atomic mass is 79.9. The Labute approximate surface area is 114 Å². The van der Waals surface area contributed by atoms with E-state index in [1.165, 1.54) is 7.11 Å². The van der Waals surface area contributed by atoms with E-state index in [4.69, 9.17) is 4.74 Å². The second-order valence-electron chi connectivity index (χ2n) is 3.75. The molecule has 0 bridgehead atoms. The molecule has 0 spiro atoms. The van der Waals surface area contributed by atoms with Gasteiger partial charge in [0, 0.05) is 23.5 Å². The third-order valence-corrected chi connectivity index (χ3v) is 3.03. The van der Waals surface area contributed by atoms with Crippen LogP contribution in [-0.2, 0) is 16.1 Å². The van der Waals surface area contributed by atoms with E-state index in [1.54, 1.807) is 0 Å². The minimum absolute atomic E-state index is 0.0702. The summed E-state index contributed by atoms with van der Waals surface area (Å²) in [6, 6.07) is 7.79. The summed E-state index contributed by atoms with van der Waals surface area (Å²) in [6.07, 6.45) is 2.01. The van der Waals surface area contributed by atoms with Gasteiger partial charge in [-0.2, -0.15) is 0 Å². The molecule has 1 aromatic heterocycles. The van der Waals surface area contributed by atoms with Gasteiger partial charge in [0.1, 0.15) is 5.75 Å². The Balaban J connectivity index is 2.26. The number of rotatable bonds is 5. The Morgan fingerprint density at radius 3 is 2.94 bits per heavy atom. The summed E-state index contributed by atoms with van der Waals surface area (Å²) in [7, 11) is 1.35. The molecule has 0 fully saturated rings. The molecule has 0 aliphatic rings. The van der Waals surface area contributed by atoms with Gasteiger partial charge in [0.25, 0.3) is 0 Å². The lowest BCUT2D eigenvalue weighted by Crippen LogP contribution is -2.12. The number of carbonyl (C=O) groups is 1. The van der Waals surface area contributed by atoms with Crippen molar-refractivity contribution in [1.29, 1.82) is 0 Å². The minimum atomic E-state index is -0.383. The number of methoxy groups -OCH3 is 1. The lowest BCUT2D eigenvalue weighted by molar-refractivity contribution is -0.142. The van der Waals surface area contributed by atoms with Crippen molar-refractivity contribution >= 4 is 32.8 Å². The summed E-state index contributed by atoms with van der Waals surface area (Å²) in [5.41, 5.74) is 1.09. The zero-order chi connectivity index (χ0) is 13.0. The van der Waals surface area contributed by atoms with Crippen molar-refractivity contribution in [2.75, 3.05) is 19.0 Å². The third-order valence-electron chi connectivity index (χ3n) is 2.67. The van der Waals surface area contributed by atoms with Gasteiger partial charge in [-0.3, -0.25) is 0 Å². The van der Waals surface area contributed by atoms with Crippen LogP contribution in [0, 0.1) is 0 Å². The molecule has 0 amide bonds. The Morgan fingerprint density at radius 2 is 2.22 bits per heavy atom. The maximum Gasteiger partial charge on any atom is 0.343 e. The number of aromatic nitrogens is 1. The van der Waals surface area contributed by atoms with Gasteiger partial charge in [0.2, 0.25) is 0 Å². The number of fused-ring (bicyclic) bond motifs is 1. The van der Waals surface area contributed by atoms with Gasteiger partial charge in [-0.1, -0.05) is 22.0 Å². The number of esters is 1. The number of carbonyl (C=O) groups excluding carboxylic acids is 1. The predicted molar refractivity (Wildman–Crippen MR) is 73.2 cm³/mol. The quantitative estimate of drug-likeness (QED) is 0.629. The predicted octanol–water partition coefficient (Wildman–Crippen LogP) is 2.59. The van der Waals surface area contributed by atoms with Crippen molar-refractivity contribution in [3.05, 3.63) is 30.5 Å². The van der Waals surface area contributed by atoms with Gasteiger partial charge in [0.15, 0.2) is 6.61 Å². The molecule has 0 aliphatic heterocycles. The highest BCUT2D eigenvalue weighted by molar-refractivity contribution is 9.09. The van der Waals surface area contributed by atoms with Crippen LogP contribution in [0.5, 0.6) is 5.75 Å². The molecular weight excluding hydrogens is 298 g/mol. The van der Waals surface area contributed by atoms with Crippen molar-refractivity contribution in [3.63, 3.8) is 0 Å². The summed E-state index contributed by atoms with van der Waals surface area (Å²) >= 11 is 3.42. The molecule has 2 rings (SSSR count). The normalized spacial score (nSPS) is 10.6. The van der Waals surface area contributed by atoms with E-state index >= 15 is 0 Å². The van der Waals surface area contributed by atoms with Crippen LogP contribution in [0.15, 0.2) is 30.5 Å². The van der Waals surface area contributed by atoms with Crippen molar-refractivity contribution in [2.24, 2.45) is 0 Å². The van der Waals surface area contributed by atoms with Crippen molar-refractivity contribution < 1.29 is 14.3 Å². The van der Waals surface area contributed by atoms with Crippen LogP contribution in [-0.4, -0.2) is 29.6 Å². The molecule has 1 heterocycles. The number of alkyl halides is 1. The topological polar surface area (TPSA) is 40.5 Å². The highest BCUT2D eigenvalue weighted by Gasteiger charge is 2.08. The fourth-order valence-electron chi connectivity index (χ4n) is 1.80. The summed E-state index contributed by atoms with van der Waals surface area (Å²) in [5, 5.41) is 1.90. The lowest BCUT2D eigenvalue weighted by Gasteiger charge is -2.07. The second-order valence-corrected chi connectivity index (χ2v) is 4.54. The van der Waals surface area contributed by atoms with E-state index in [0.29, 0.717) is 5.75 Å². The number of aryl methyl sites for hydroxylation is 1. The fraction of sp³-hybridized carbons (Fsp3) is 0.308. The number of ether oxygens (including phenoxy) is 2. The van der Waals surface area contributed by atoms with Gasteiger partial charge < -0.3 is 14.0 Å². The van der Waals surface area contributed by atoms with Crippen LogP contribution < -0.4 is 4.74 Å². The van der Waals surface area contributed by atoms with Gasteiger partial charge in [0.05, 0.1) is 12.6 Å². The van der Waals surface area contributed by atoms with Gasteiger partial charge in [-0.15, -0.1) is 0 Å². The number of hydrogen-bond donors (Lipinski definition) is 0. The smallest absolute Gasteiger partial charge is 0.343 e. The molecule has 96 valence electrons. The Bertz CT molecular complexity index is 550. The molecule has 4 nitrogen and oxygen atoms in total. The number of benzene rings is 1. The van der Waals surface area contributed by atoms with Crippen LogP contribution in [0.4, 0.5) is 0 Å². The Hall–Kier alpha value is -1.49. The number of nitrogens with zero attached hydrogens (tertiary/aromatic N) is 1. The highest BCUT2D eigenvalue weighted by Crippen LogP contribution is 2.26. The summed E-state index contributed by atoms with van der Waals surface area (Å²) < 4.78 is 12.2. The molecule has 18 heavy (non-hydrogen) atoms. The van der Waals surface area contributed by atoms with E-state index in [9.17, 15) is 4.79 Å². The van der Waals surface area contributed by atoms with Crippen molar-refractivity contribution in [2.45, 2.75) is 6.54 Å². The average molecular weight is 312 g/mol. The molecular formula is C13H14BrNO3. The van der Waals surface area contributed by atoms with E-state index in [1.807, 2.05) is 30.5 Å². The minimum Gasteiger partial charge on any atom is -0.481 e. The molecule has 0 saturated heterocycles. The molecule has 0 aliphatic carbocycles. The molecule has 0 saturated carbocycles. The molecule has 1 aromatic carbocycles. The van der Waals surface area contributed by atoms with Crippen LogP contribution in [0.2, 0.25) is 0 Å². The monoisotopic (exact) mass is 311 g/mol. The first-order valence-electron chi connectivity index (χ1n) is 5.59. The van der Waals surface area contributed by atoms with E-state index in [2.05, 4.69) is 25.2 Å². The second kappa shape index (κ2) is 5.91. The summed E-state index contributed by atoms with van der Waals surface area (Å²) in [4.78, 5) is 11.1. The Morgan fingerprint density at radius 1 is 1.39 bits per heavy atom. The first-order chi connectivity index (χ1) is 8.76. The number of halogens is 1. The standard InChI is InChI=1S/C13H14BrNO3/c1-17-13(16)9-18-12-4-2-3-11-10(12)5-7-15(11)8-6-14/h2-5,7H,6,8-9H2,1H3. The summed E-state index contributed by atoms with van der Waals surface area (Å²) in [6.45, 7) is 0.823. The molecule has 0 atom stereocenters. The van der Waals surface area contributed by atoms with Gasteiger partial charge >= 0.3 is 5.97 Å². The molecule has 0 N–H and O–H groups in total. The van der Waals surface area contributed by atoms with E-state index in [0.717, 1.165) is 22.8 Å². The molecule has 5 heteroatoms. The van der Waals surface area contributed by atoms with Crippen molar-refractivity contribution in [3.8, 4) is 5.75 Å². The van der Waals surface area contributed by atoms with Crippen LogP contribution in [0.1, 0.15) is 0 Å². The largest absolute Gasteiger partial charge is 0.481 e. The van der Waals surface area contributed by atoms with E-state index in [-0.39, 0.29) is 12.6 Å². The Kier molecular flexibility index (Phi) is 4.25. The van der Waals surface area contributed by atoms with Gasteiger partial charge in [-0.25, -0.2) is 4.79 Å². The van der Waals surface area contributed by atoms with Crippen molar-refractivity contribution in [1.82, 2.24) is 4.57 Å². The van der Waals surface area contributed by atoms with Crippen LogP contribution in [0.25, 0.3) is 10.9 Å². The lowest BCUT2D eigenvalue weighted by atomic mass is 10.2. The first-order valence-corrected chi connectivity index (χ1v) is 6.72. The first kappa shape index (κ1) is 13.0. The van der Waals surface area contributed by atoms with Crippen LogP contribution >= 0.6 is 15.9 Å². The summed E-state index contributed by atoms with van der Waals surface area (Å²) in [5.74, 6) is 0.318. The molecule has 0 unspecified atom stereocenters. The van der Waals surface area contributed by atoms with Gasteiger partial charge in [-0.05, 0) is 18.2 Å². The van der Waals surface area contributed by atoms with E-state index < -0.39 is 0 Å². The molecule has 2 aromatic rings. The van der Waals surface area contributed by atoms with Crippen LogP contribution in [0.3, 0.4) is 0 Å². The number of hydrogen-bond acceptors (Lipinski definition) is 3. The molecule has 0 radical (unpaired) electrons. The zero-order valence-corrected chi connectivity index (χ0v) is 11.6. The third kappa shape index (κ3) is 2.67. The zero-order valence-electron chi connectivity index (χ0n) is 10.1. The maximum absolute atomic E-state index is 11.1. The maximum atomic E-state index is 11.1. The SMILES string of the molecule is COC(=O)COc1cccc2c1ccn2CCBr.